The average molecular weight is 414 g/mol. The predicted octanol–water partition coefficient (Wildman–Crippen LogP) is 1.58. The lowest BCUT2D eigenvalue weighted by Crippen LogP contribution is -2.43. The maximum atomic E-state index is 11.4. The lowest BCUT2D eigenvalue weighted by molar-refractivity contribution is -0.119. The van der Waals surface area contributed by atoms with Gasteiger partial charge in [0, 0.05) is 24.4 Å². The number of rotatable bonds is 6. The minimum absolute atomic E-state index is 0. The summed E-state index contributed by atoms with van der Waals surface area (Å²) in [6.07, 6.45) is 5.78. The number of carbonyl (C=O) groups excluding carboxylic acids is 1. The second-order valence-electron chi connectivity index (χ2n) is 4.66. The Labute approximate surface area is 143 Å². The van der Waals surface area contributed by atoms with Crippen LogP contribution in [0.3, 0.4) is 0 Å². The van der Waals surface area contributed by atoms with Gasteiger partial charge in [0.1, 0.15) is 6.54 Å². The molecule has 0 aromatic rings. The molecule has 1 fully saturated rings. The van der Waals surface area contributed by atoms with E-state index < -0.39 is 0 Å². The van der Waals surface area contributed by atoms with Crippen molar-refractivity contribution in [1.29, 1.82) is 0 Å². The van der Waals surface area contributed by atoms with E-state index in [1.807, 2.05) is 25.6 Å². The molecule has 3 N–H and O–H groups in total. The van der Waals surface area contributed by atoms with E-state index in [2.05, 4.69) is 27.2 Å². The molecular formula is C13H27IN4OS. The van der Waals surface area contributed by atoms with E-state index in [4.69, 9.17) is 0 Å². The van der Waals surface area contributed by atoms with Crippen molar-refractivity contribution in [3.63, 3.8) is 0 Å². The minimum atomic E-state index is -0.0342. The number of likely N-dealkylation sites (N-methyl/N-ethyl adjacent to an activating group) is 1. The molecule has 0 heterocycles. The topological polar surface area (TPSA) is 65.5 Å². The first-order valence-corrected chi connectivity index (χ1v) is 8.32. The molecule has 0 spiro atoms. The van der Waals surface area contributed by atoms with E-state index in [-0.39, 0.29) is 36.4 Å². The molecule has 0 aromatic carbocycles. The van der Waals surface area contributed by atoms with E-state index in [1.165, 1.54) is 19.3 Å². The Bertz CT molecular complexity index is 315. The Morgan fingerprint density at radius 2 is 1.95 bits per heavy atom. The van der Waals surface area contributed by atoms with Gasteiger partial charge in [-0.25, -0.2) is 4.99 Å². The summed E-state index contributed by atoms with van der Waals surface area (Å²) in [7, 11) is 0. The Hall–Kier alpha value is -0.180. The molecule has 1 amide bonds. The molecule has 2 unspecified atom stereocenters. The summed E-state index contributed by atoms with van der Waals surface area (Å²) >= 11 is 1.94. The van der Waals surface area contributed by atoms with Crippen molar-refractivity contribution >= 4 is 47.6 Å². The van der Waals surface area contributed by atoms with Crippen LogP contribution < -0.4 is 16.0 Å². The van der Waals surface area contributed by atoms with Gasteiger partial charge in [0.25, 0.3) is 0 Å². The first kappa shape index (κ1) is 19.8. The maximum absolute atomic E-state index is 11.4. The average Bonchev–Trinajstić information content (AvgIpc) is 2.84. The molecule has 0 aliphatic heterocycles. The zero-order valence-corrected chi connectivity index (χ0v) is 15.7. The summed E-state index contributed by atoms with van der Waals surface area (Å²) in [4.78, 5) is 15.7. The Morgan fingerprint density at radius 1 is 1.25 bits per heavy atom. The van der Waals surface area contributed by atoms with Gasteiger partial charge in [-0.15, -0.1) is 24.0 Å². The summed E-state index contributed by atoms with van der Waals surface area (Å²) in [5, 5.41) is 10.1. The van der Waals surface area contributed by atoms with Crippen molar-refractivity contribution in [2.75, 3.05) is 25.9 Å². The van der Waals surface area contributed by atoms with E-state index in [0.717, 1.165) is 17.8 Å². The molecule has 2 atom stereocenters. The molecule has 1 saturated carbocycles. The lowest BCUT2D eigenvalue weighted by Gasteiger charge is -2.17. The molecule has 0 saturated heterocycles. The number of hydrogen-bond donors (Lipinski definition) is 3. The third-order valence-corrected chi connectivity index (χ3v) is 4.25. The second-order valence-corrected chi connectivity index (χ2v) is 5.80. The number of amides is 1. The van der Waals surface area contributed by atoms with Gasteiger partial charge in [-0.1, -0.05) is 0 Å². The zero-order valence-electron chi connectivity index (χ0n) is 12.6. The number of nitrogens with zero attached hydrogens (tertiary/aromatic N) is 1. The third kappa shape index (κ3) is 7.56. The van der Waals surface area contributed by atoms with Crippen molar-refractivity contribution in [1.82, 2.24) is 16.0 Å². The highest BCUT2D eigenvalue weighted by atomic mass is 127. The number of guanidine groups is 1. The van der Waals surface area contributed by atoms with Crippen LogP contribution in [0, 0.1) is 0 Å². The zero-order chi connectivity index (χ0) is 14.1. The predicted molar refractivity (Wildman–Crippen MR) is 98.2 cm³/mol. The Morgan fingerprint density at radius 3 is 2.50 bits per heavy atom. The van der Waals surface area contributed by atoms with Crippen LogP contribution in [0.5, 0.6) is 0 Å². The monoisotopic (exact) mass is 414 g/mol. The van der Waals surface area contributed by atoms with Gasteiger partial charge < -0.3 is 16.0 Å². The molecule has 0 radical (unpaired) electrons. The summed E-state index contributed by atoms with van der Waals surface area (Å²) in [5.41, 5.74) is 0. The molecule has 1 aliphatic carbocycles. The van der Waals surface area contributed by atoms with Crippen LogP contribution in [0.15, 0.2) is 4.99 Å². The van der Waals surface area contributed by atoms with E-state index in [1.54, 1.807) is 0 Å². The van der Waals surface area contributed by atoms with Crippen LogP contribution in [-0.4, -0.2) is 49.0 Å². The van der Waals surface area contributed by atoms with E-state index in [9.17, 15) is 4.79 Å². The highest BCUT2D eigenvalue weighted by Gasteiger charge is 2.24. The van der Waals surface area contributed by atoms with Gasteiger partial charge in [-0.3, -0.25) is 4.79 Å². The van der Waals surface area contributed by atoms with Crippen molar-refractivity contribution in [2.24, 2.45) is 4.99 Å². The first-order chi connectivity index (χ1) is 9.19. The van der Waals surface area contributed by atoms with Gasteiger partial charge in [-0.2, -0.15) is 11.8 Å². The SMILES string of the molecule is CCNC(=O)CN=C(NCC)NC1CCC(SC)C1.I. The number of thioether (sulfide) groups is 1. The van der Waals surface area contributed by atoms with E-state index >= 15 is 0 Å². The summed E-state index contributed by atoms with van der Waals surface area (Å²) in [6, 6.07) is 0.476. The van der Waals surface area contributed by atoms with Crippen molar-refractivity contribution in [2.45, 2.75) is 44.4 Å². The number of aliphatic imine (C=N–C) groups is 1. The van der Waals surface area contributed by atoms with Crippen LogP contribution in [0.1, 0.15) is 33.1 Å². The fourth-order valence-electron chi connectivity index (χ4n) is 2.20. The fraction of sp³-hybridized carbons (Fsp3) is 0.846. The second kappa shape index (κ2) is 11.5. The molecule has 20 heavy (non-hydrogen) atoms. The van der Waals surface area contributed by atoms with Gasteiger partial charge in [0.2, 0.25) is 5.91 Å². The van der Waals surface area contributed by atoms with Gasteiger partial charge in [-0.05, 0) is 39.4 Å². The van der Waals surface area contributed by atoms with Crippen molar-refractivity contribution in [3.8, 4) is 0 Å². The normalized spacial score (nSPS) is 22.1. The standard InChI is InChI=1S/C13H26N4OS.HI/c1-4-14-12(18)9-16-13(15-5-2)17-10-6-7-11(8-10)19-3;/h10-11H,4-9H2,1-3H3,(H,14,18)(H2,15,16,17);1H. The number of carbonyl (C=O) groups is 1. The highest BCUT2D eigenvalue weighted by molar-refractivity contribution is 14.0. The largest absolute Gasteiger partial charge is 0.357 e. The molecule has 118 valence electrons. The maximum Gasteiger partial charge on any atom is 0.241 e. The summed E-state index contributed by atoms with van der Waals surface area (Å²) < 4.78 is 0. The van der Waals surface area contributed by atoms with E-state index in [0.29, 0.717) is 12.6 Å². The van der Waals surface area contributed by atoms with Crippen molar-refractivity contribution in [3.05, 3.63) is 0 Å². The molecule has 1 aliphatic rings. The Kier molecular flexibility index (Phi) is 11.4. The van der Waals surface area contributed by atoms with Crippen LogP contribution in [0.4, 0.5) is 0 Å². The minimum Gasteiger partial charge on any atom is -0.357 e. The van der Waals surface area contributed by atoms with Gasteiger partial charge >= 0.3 is 0 Å². The molecule has 0 aromatic heterocycles. The molecule has 0 bridgehead atoms. The number of nitrogens with one attached hydrogen (secondary N) is 3. The smallest absolute Gasteiger partial charge is 0.241 e. The molecular weight excluding hydrogens is 387 g/mol. The quantitative estimate of drug-likeness (QED) is 0.351. The highest BCUT2D eigenvalue weighted by Crippen LogP contribution is 2.27. The fourth-order valence-corrected chi connectivity index (χ4v) is 3.00. The first-order valence-electron chi connectivity index (χ1n) is 7.03. The lowest BCUT2D eigenvalue weighted by atomic mass is 10.2. The van der Waals surface area contributed by atoms with Gasteiger partial charge in [0.05, 0.1) is 0 Å². The molecule has 5 nitrogen and oxygen atoms in total. The Balaban J connectivity index is 0.00000361. The van der Waals surface area contributed by atoms with Crippen LogP contribution in [0.2, 0.25) is 0 Å². The van der Waals surface area contributed by atoms with Gasteiger partial charge in [0.15, 0.2) is 5.96 Å². The summed E-state index contributed by atoms with van der Waals surface area (Å²) in [5.74, 6) is 0.716. The molecule has 1 rings (SSSR count). The van der Waals surface area contributed by atoms with Crippen LogP contribution in [-0.2, 0) is 4.79 Å². The van der Waals surface area contributed by atoms with Crippen molar-refractivity contribution < 1.29 is 4.79 Å². The third-order valence-electron chi connectivity index (χ3n) is 3.16. The van der Waals surface area contributed by atoms with Crippen LogP contribution >= 0.6 is 35.7 Å². The number of halogens is 1. The number of hydrogen-bond acceptors (Lipinski definition) is 3. The molecule has 7 heteroatoms. The van der Waals surface area contributed by atoms with Crippen LogP contribution in [0.25, 0.3) is 0 Å². The summed E-state index contributed by atoms with van der Waals surface area (Å²) in [6.45, 7) is 5.58.